The second-order valence-corrected chi connectivity index (χ2v) is 7.28. The summed E-state index contributed by atoms with van der Waals surface area (Å²) in [6, 6.07) is 10.6. The topological polar surface area (TPSA) is 32.3 Å². The summed E-state index contributed by atoms with van der Waals surface area (Å²) in [5, 5.41) is 5.27. The molecular weight excluding hydrogens is 304 g/mol. The quantitative estimate of drug-likeness (QED) is 0.902. The fourth-order valence-electron chi connectivity index (χ4n) is 3.30. The number of carbonyl (C=O) groups is 1. The van der Waals surface area contributed by atoms with E-state index in [1.165, 1.54) is 23.3 Å². The fourth-order valence-corrected chi connectivity index (χ4v) is 4.16. The minimum atomic E-state index is 0.0308. The molecule has 23 heavy (non-hydrogen) atoms. The van der Waals surface area contributed by atoms with Crippen LogP contribution in [0.25, 0.3) is 0 Å². The number of thiophene rings is 1. The van der Waals surface area contributed by atoms with Crippen molar-refractivity contribution in [3.8, 4) is 0 Å². The van der Waals surface area contributed by atoms with E-state index in [9.17, 15) is 4.79 Å². The molecule has 0 spiro atoms. The lowest BCUT2D eigenvalue weighted by molar-refractivity contribution is 0.0938. The zero-order valence-electron chi connectivity index (χ0n) is 13.8. The Labute approximate surface area is 142 Å². The van der Waals surface area contributed by atoms with Crippen molar-refractivity contribution < 1.29 is 4.79 Å². The molecule has 0 saturated carbocycles. The summed E-state index contributed by atoms with van der Waals surface area (Å²) in [6.07, 6.45) is 2.51. The van der Waals surface area contributed by atoms with Gasteiger partial charge in [-0.1, -0.05) is 23.8 Å². The number of nitrogens with one attached hydrogen (secondary N) is 1. The molecule has 1 unspecified atom stereocenters. The maximum Gasteiger partial charge on any atom is 0.251 e. The highest BCUT2D eigenvalue weighted by Gasteiger charge is 2.24. The molecule has 1 fully saturated rings. The van der Waals surface area contributed by atoms with Crippen molar-refractivity contribution in [2.45, 2.75) is 32.7 Å². The van der Waals surface area contributed by atoms with E-state index in [0.29, 0.717) is 12.6 Å². The summed E-state index contributed by atoms with van der Waals surface area (Å²) >= 11 is 1.78. The average molecular weight is 328 g/mol. The van der Waals surface area contributed by atoms with E-state index >= 15 is 0 Å². The van der Waals surface area contributed by atoms with Crippen molar-refractivity contribution in [1.82, 2.24) is 10.2 Å². The minimum Gasteiger partial charge on any atom is -0.350 e. The van der Waals surface area contributed by atoms with Crippen LogP contribution in [0.1, 0.15) is 45.2 Å². The van der Waals surface area contributed by atoms with Crippen LogP contribution >= 0.6 is 11.3 Å². The number of rotatable bonds is 5. The number of amides is 1. The first-order chi connectivity index (χ1) is 11.1. The second-order valence-electron chi connectivity index (χ2n) is 6.30. The Bertz CT molecular complexity index is 660. The molecule has 1 aliphatic rings. The van der Waals surface area contributed by atoms with E-state index in [-0.39, 0.29) is 5.91 Å². The normalized spacial score (nSPS) is 16.4. The van der Waals surface area contributed by atoms with Gasteiger partial charge in [-0.3, -0.25) is 9.69 Å². The third kappa shape index (κ3) is 3.82. The molecule has 1 aromatic carbocycles. The SMILES string of the molecule is Cc1ccc(C(=O)NCC(c2cccs2)N2CCCC2)c(C)c1. The summed E-state index contributed by atoms with van der Waals surface area (Å²) in [5.41, 5.74) is 3.01. The maximum atomic E-state index is 12.5. The van der Waals surface area contributed by atoms with Gasteiger partial charge in [0.25, 0.3) is 5.91 Å². The van der Waals surface area contributed by atoms with Crippen LogP contribution < -0.4 is 5.32 Å². The Balaban J connectivity index is 1.69. The third-order valence-corrected chi connectivity index (χ3v) is 5.51. The average Bonchev–Trinajstić information content (AvgIpc) is 3.21. The number of aryl methyl sites for hydroxylation is 2. The van der Waals surface area contributed by atoms with Gasteiger partial charge in [0.2, 0.25) is 0 Å². The first-order valence-electron chi connectivity index (χ1n) is 8.28. The molecule has 0 radical (unpaired) electrons. The lowest BCUT2D eigenvalue weighted by atomic mass is 10.1. The van der Waals surface area contributed by atoms with Gasteiger partial charge < -0.3 is 5.32 Å². The molecule has 1 amide bonds. The zero-order valence-corrected chi connectivity index (χ0v) is 14.7. The number of nitrogens with zero attached hydrogens (tertiary/aromatic N) is 1. The fraction of sp³-hybridized carbons (Fsp3) is 0.421. The van der Waals surface area contributed by atoms with E-state index in [1.807, 2.05) is 19.1 Å². The Kier molecular flexibility index (Phi) is 5.13. The third-order valence-electron chi connectivity index (χ3n) is 4.54. The molecule has 2 heterocycles. The zero-order chi connectivity index (χ0) is 16.2. The standard InChI is InChI=1S/C19H24N2OS/c1-14-7-8-16(15(2)12-14)19(22)20-13-17(18-6-5-11-23-18)21-9-3-4-10-21/h5-8,11-12,17H,3-4,9-10,13H2,1-2H3,(H,20,22). The molecule has 1 atom stereocenters. The van der Waals surface area contributed by atoms with Gasteiger partial charge in [-0.2, -0.15) is 0 Å². The van der Waals surface area contributed by atoms with Gasteiger partial charge in [0.1, 0.15) is 0 Å². The van der Waals surface area contributed by atoms with E-state index in [2.05, 4.69) is 40.7 Å². The Morgan fingerprint density at radius 2 is 2.04 bits per heavy atom. The monoisotopic (exact) mass is 328 g/mol. The van der Waals surface area contributed by atoms with E-state index in [0.717, 1.165) is 24.2 Å². The van der Waals surface area contributed by atoms with Crippen LogP contribution in [0, 0.1) is 13.8 Å². The molecule has 4 heteroatoms. The number of likely N-dealkylation sites (tertiary alicyclic amines) is 1. The predicted octanol–water partition coefficient (Wildman–Crippen LogP) is 3.93. The van der Waals surface area contributed by atoms with Crippen molar-refractivity contribution in [3.05, 3.63) is 57.3 Å². The van der Waals surface area contributed by atoms with Gasteiger partial charge >= 0.3 is 0 Å². The summed E-state index contributed by atoms with van der Waals surface area (Å²) in [5.74, 6) is 0.0308. The van der Waals surface area contributed by atoms with Crippen molar-refractivity contribution in [2.75, 3.05) is 19.6 Å². The molecule has 0 aliphatic carbocycles. The molecule has 122 valence electrons. The van der Waals surface area contributed by atoms with Gasteiger partial charge in [0.05, 0.1) is 6.04 Å². The molecule has 1 saturated heterocycles. The summed E-state index contributed by atoms with van der Waals surface area (Å²) in [4.78, 5) is 16.4. The van der Waals surface area contributed by atoms with Crippen LogP contribution in [0.2, 0.25) is 0 Å². The molecule has 2 aromatic rings. The van der Waals surface area contributed by atoms with Crippen molar-refractivity contribution >= 4 is 17.2 Å². The molecule has 3 rings (SSSR count). The second kappa shape index (κ2) is 7.28. The molecule has 1 N–H and O–H groups in total. The minimum absolute atomic E-state index is 0.0308. The highest BCUT2D eigenvalue weighted by atomic mass is 32.1. The van der Waals surface area contributed by atoms with Crippen LogP contribution in [0.5, 0.6) is 0 Å². The number of carbonyl (C=O) groups excluding carboxylic acids is 1. The Morgan fingerprint density at radius 1 is 1.26 bits per heavy atom. The van der Waals surface area contributed by atoms with Crippen molar-refractivity contribution in [1.29, 1.82) is 0 Å². The number of hydrogen-bond donors (Lipinski definition) is 1. The Hall–Kier alpha value is -1.65. The van der Waals surface area contributed by atoms with Gasteiger partial charge in [0.15, 0.2) is 0 Å². The summed E-state index contributed by atoms with van der Waals surface area (Å²) in [6.45, 7) is 6.98. The van der Waals surface area contributed by atoms with Gasteiger partial charge in [-0.15, -0.1) is 11.3 Å². The first-order valence-corrected chi connectivity index (χ1v) is 9.16. The molecule has 3 nitrogen and oxygen atoms in total. The Morgan fingerprint density at radius 3 is 2.70 bits per heavy atom. The van der Waals surface area contributed by atoms with Crippen LogP contribution in [0.3, 0.4) is 0 Å². The summed E-state index contributed by atoms with van der Waals surface area (Å²) < 4.78 is 0. The highest BCUT2D eigenvalue weighted by molar-refractivity contribution is 7.10. The molecule has 1 aromatic heterocycles. The highest BCUT2D eigenvalue weighted by Crippen LogP contribution is 2.28. The summed E-state index contributed by atoms with van der Waals surface area (Å²) in [7, 11) is 0. The van der Waals surface area contributed by atoms with E-state index in [1.54, 1.807) is 11.3 Å². The van der Waals surface area contributed by atoms with Crippen molar-refractivity contribution in [3.63, 3.8) is 0 Å². The van der Waals surface area contributed by atoms with E-state index in [4.69, 9.17) is 0 Å². The first kappa shape index (κ1) is 16.2. The van der Waals surface area contributed by atoms with Gasteiger partial charge in [0, 0.05) is 17.0 Å². The maximum absolute atomic E-state index is 12.5. The van der Waals surface area contributed by atoms with Crippen LogP contribution in [-0.4, -0.2) is 30.4 Å². The smallest absolute Gasteiger partial charge is 0.251 e. The predicted molar refractivity (Wildman–Crippen MR) is 96.1 cm³/mol. The van der Waals surface area contributed by atoms with Gasteiger partial charge in [-0.05, 0) is 62.9 Å². The van der Waals surface area contributed by atoms with Crippen molar-refractivity contribution in [2.24, 2.45) is 0 Å². The largest absolute Gasteiger partial charge is 0.350 e. The van der Waals surface area contributed by atoms with Gasteiger partial charge in [-0.25, -0.2) is 0 Å². The number of benzene rings is 1. The van der Waals surface area contributed by atoms with Crippen LogP contribution in [0.15, 0.2) is 35.7 Å². The van der Waals surface area contributed by atoms with Crippen LogP contribution in [-0.2, 0) is 0 Å². The lowest BCUT2D eigenvalue weighted by Crippen LogP contribution is -2.36. The van der Waals surface area contributed by atoms with Crippen LogP contribution in [0.4, 0.5) is 0 Å². The number of hydrogen-bond acceptors (Lipinski definition) is 3. The lowest BCUT2D eigenvalue weighted by Gasteiger charge is -2.27. The molecular formula is C19H24N2OS. The molecule has 0 bridgehead atoms. The van der Waals surface area contributed by atoms with E-state index < -0.39 is 0 Å². The molecule has 1 aliphatic heterocycles.